The van der Waals surface area contributed by atoms with Crippen LogP contribution < -0.4 is 15.5 Å². The molecule has 2 N–H and O–H groups in total. The first-order chi connectivity index (χ1) is 15.1. The van der Waals surface area contributed by atoms with Gasteiger partial charge in [-0.1, -0.05) is 6.92 Å². The van der Waals surface area contributed by atoms with Crippen LogP contribution in [0, 0.1) is 0 Å². The molecule has 0 aliphatic carbocycles. The monoisotopic (exact) mass is 468 g/mol. The number of benzene rings is 1. The van der Waals surface area contributed by atoms with Gasteiger partial charge >= 0.3 is 17.6 Å². The second kappa shape index (κ2) is 9.47. The van der Waals surface area contributed by atoms with Crippen LogP contribution in [-0.2, 0) is 9.53 Å². The van der Waals surface area contributed by atoms with Gasteiger partial charge in [0.25, 0.3) is 5.91 Å². The molecule has 1 aromatic heterocycles. The highest BCUT2D eigenvalue weighted by molar-refractivity contribution is 8.00. The molecule has 2 heterocycles. The van der Waals surface area contributed by atoms with Gasteiger partial charge in [0, 0.05) is 17.0 Å². The van der Waals surface area contributed by atoms with Crippen molar-refractivity contribution < 1.29 is 32.3 Å². The first kappa shape index (κ1) is 23.4. The van der Waals surface area contributed by atoms with Crippen LogP contribution in [0.1, 0.15) is 25.3 Å². The van der Waals surface area contributed by atoms with Gasteiger partial charge in [0.05, 0.1) is 12.3 Å². The summed E-state index contributed by atoms with van der Waals surface area (Å²) in [5.74, 6) is -0.808. The minimum Gasteiger partial charge on any atom is -0.450 e. The van der Waals surface area contributed by atoms with Gasteiger partial charge in [-0.15, -0.1) is 0 Å². The highest BCUT2D eigenvalue weighted by Gasteiger charge is 2.42. The van der Waals surface area contributed by atoms with E-state index in [0.29, 0.717) is 5.56 Å². The number of ether oxygens (including phenoxy) is 1. The Balaban J connectivity index is 1.75. The zero-order chi connectivity index (χ0) is 23.5. The molecule has 2 aromatic rings. The van der Waals surface area contributed by atoms with E-state index in [1.165, 1.54) is 30.5 Å². The molecule has 0 bridgehead atoms. The molecule has 0 radical (unpaired) electrons. The lowest BCUT2D eigenvalue weighted by atomic mass is 9.94. The van der Waals surface area contributed by atoms with Crippen LogP contribution in [-0.4, -0.2) is 41.2 Å². The van der Waals surface area contributed by atoms with Crippen molar-refractivity contribution in [1.82, 2.24) is 10.3 Å². The fraction of sp³-hybridized carbons (Fsp3) is 0.300. The van der Waals surface area contributed by atoms with Crippen molar-refractivity contribution in [3.63, 3.8) is 0 Å². The quantitative estimate of drug-likeness (QED) is 0.479. The van der Waals surface area contributed by atoms with Gasteiger partial charge in [-0.25, -0.2) is 19.5 Å². The maximum absolute atomic E-state index is 12.9. The van der Waals surface area contributed by atoms with E-state index in [4.69, 9.17) is 4.74 Å². The van der Waals surface area contributed by atoms with E-state index in [9.17, 15) is 27.6 Å². The number of aromatic nitrogens is 1. The standard InChI is InChI=1S/C20H19F3N4O4S/c1-3-31-19(30)25-15-10-12(8-9-24-15)11(2)16-17(28)27(18(29)26-16)13-4-6-14(7-5-13)32-20(21,22)23/h4-11,16H,3H2,1-2H3,(H,26,29)(H,24,25,30). The number of alkyl halides is 3. The molecule has 170 valence electrons. The van der Waals surface area contributed by atoms with Crippen LogP contribution in [0.4, 0.5) is 34.3 Å². The fourth-order valence-corrected chi connectivity index (χ4v) is 3.68. The summed E-state index contributed by atoms with van der Waals surface area (Å²) in [6.07, 6.45) is 0.775. The van der Waals surface area contributed by atoms with E-state index in [-0.39, 0.29) is 34.8 Å². The zero-order valence-corrected chi connectivity index (χ0v) is 17.8. The number of amides is 4. The van der Waals surface area contributed by atoms with Crippen LogP contribution in [0.2, 0.25) is 0 Å². The van der Waals surface area contributed by atoms with Crippen molar-refractivity contribution in [3.05, 3.63) is 48.2 Å². The van der Waals surface area contributed by atoms with Gasteiger partial charge < -0.3 is 10.1 Å². The van der Waals surface area contributed by atoms with Crippen LogP contribution in [0.15, 0.2) is 47.5 Å². The molecule has 4 amide bonds. The highest BCUT2D eigenvalue weighted by atomic mass is 32.2. The summed E-state index contributed by atoms with van der Waals surface area (Å²) in [6, 6.07) is 6.58. The van der Waals surface area contributed by atoms with Gasteiger partial charge in [-0.3, -0.25) is 10.1 Å². The number of pyridine rings is 1. The summed E-state index contributed by atoms with van der Waals surface area (Å²) in [7, 11) is 0. The van der Waals surface area contributed by atoms with Crippen molar-refractivity contribution in [2.24, 2.45) is 0 Å². The topological polar surface area (TPSA) is 101 Å². The summed E-state index contributed by atoms with van der Waals surface area (Å²) in [5, 5.41) is 5.07. The summed E-state index contributed by atoms with van der Waals surface area (Å²) in [5.41, 5.74) is -3.65. The fourth-order valence-electron chi connectivity index (χ4n) is 3.14. The Morgan fingerprint density at radius 3 is 2.59 bits per heavy atom. The first-order valence-corrected chi connectivity index (χ1v) is 10.3. The van der Waals surface area contributed by atoms with Crippen molar-refractivity contribution in [3.8, 4) is 0 Å². The van der Waals surface area contributed by atoms with Crippen molar-refractivity contribution in [2.75, 3.05) is 16.8 Å². The van der Waals surface area contributed by atoms with Crippen molar-refractivity contribution in [2.45, 2.75) is 36.2 Å². The Kier molecular flexibility index (Phi) is 6.92. The van der Waals surface area contributed by atoms with Crippen molar-refractivity contribution >= 4 is 41.3 Å². The smallest absolute Gasteiger partial charge is 0.446 e. The number of halogens is 3. The van der Waals surface area contributed by atoms with E-state index in [1.807, 2.05) is 0 Å². The number of nitrogens with zero attached hydrogens (tertiary/aromatic N) is 2. The molecule has 8 nitrogen and oxygen atoms in total. The SMILES string of the molecule is CCOC(=O)Nc1cc(C(C)C2NC(=O)N(c3ccc(SC(F)(F)F)cc3)C2=O)ccn1. The number of nitrogens with one attached hydrogen (secondary N) is 2. The summed E-state index contributed by atoms with van der Waals surface area (Å²) in [6.45, 7) is 3.57. The molecule has 2 unspecified atom stereocenters. The van der Waals surface area contributed by atoms with Crippen LogP contribution in [0.3, 0.4) is 0 Å². The van der Waals surface area contributed by atoms with E-state index in [2.05, 4.69) is 15.6 Å². The number of imide groups is 1. The Hall–Kier alpha value is -3.28. The van der Waals surface area contributed by atoms with Crippen LogP contribution in [0.25, 0.3) is 0 Å². The number of carbonyl (C=O) groups is 3. The largest absolute Gasteiger partial charge is 0.450 e. The number of thioether (sulfide) groups is 1. The molecule has 2 atom stereocenters. The predicted molar refractivity (Wildman–Crippen MR) is 111 cm³/mol. The average molecular weight is 468 g/mol. The van der Waals surface area contributed by atoms with E-state index >= 15 is 0 Å². The molecular formula is C20H19F3N4O4S. The second-order valence-corrected chi connectivity index (χ2v) is 7.89. The van der Waals surface area contributed by atoms with Gasteiger partial charge in [-0.05, 0) is 60.6 Å². The second-order valence-electron chi connectivity index (χ2n) is 6.75. The summed E-state index contributed by atoms with van der Waals surface area (Å²) < 4.78 is 42.3. The Bertz CT molecular complexity index is 1020. The van der Waals surface area contributed by atoms with Gasteiger partial charge in [0.15, 0.2) is 0 Å². The maximum Gasteiger partial charge on any atom is 0.446 e. The van der Waals surface area contributed by atoms with Gasteiger partial charge in [0.2, 0.25) is 0 Å². The molecule has 1 aliphatic rings. The van der Waals surface area contributed by atoms with Crippen LogP contribution in [0.5, 0.6) is 0 Å². The number of hydrogen-bond donors (Lipinski definition) is 2. The number of urea groups is 1. The number of carbonyl (C=O) groups excluding carboxylic acids is 3. The molecule has 1 aromatic carbocycles. The van der Waals surface area contributed by atoms with Gasteiger partial charge in [0.1, 0.15) is 11.9 Å². The third kappa shape index (κ3) is 5.49. The Morgan fingerprint density at radius 2 is 1.97 bits per heavy atom. The van der Waals surface area contributed by atoms with E-state index < -0.39 is 35.5 Å². The molecule has 0 saturated carbocycles. The molecule has 1 aliphatic heterocycles. The molecular weight excluding hydrogens is 449 g/mol. The Morgan fingerprint density at radius 1 is 1.28 bits per heavy atom. The summed E-state index contributed by atoms with van der Waals surface area (Å²) >= 11 is -0.284. The minimum atomic E-state index is -4.44. The normalized spacial score (nSPS) is 17.2. The van der Waals surface area contributed by atoms with E-state index in [0.717, 1.165) is 4.90 Å². The lowest BCUT2D eigenvalue weighted by Gasteiger charge is -2.19. The molecule has 1 fully saturated rings. The first-order valence-electron chi connectivity index (χ1n) is 9.49. The average Bonchev–Trinajstić information content (AvgIpc) is 3.01. The summed E-state index contributed by atoms with van der Waals surface area (Å²) in [4.78, 5) is 41.8. The highest BCUT2D eigenvalue weighted by Crippen LogP contribution is 2.37. The van der Waals surface area contributed by atoms with Crippen molar-refractivity contribution in [1.29, 1.82) is 0 Å². The molecule has 32 heavy (non-hydrogen) atoms. The Labute approximate surface area is 185 Å². The van der Waals surface area contributed by atoms with E-state index in [1.54, 1.807) is 26.0 Å². The zero-order valence-electron chi connectivity index (χ0n) is 17.0. The molecule has 3 rings (SSSR count). The van der Waals surface area contributed by atoms with Crippen LogP contribution >= 0.6 is 11.8 Å². The molecule has 12 heteroatoms. The third-order valence-corrected chi connectivity index (χ3v) is 5.35. The lowest BCUT2D eigenvalue weighted by Crippen LogP contribution is -2.35. The number of rotatable bonds is 6. The molecule has 1 saturated heterocycles. The third-order valence-electron chi connectivity index (χ3n) is 4.61. The maximum atomic E-state index is 12.9. The number of anilines is 2. The minimum absolute atomic E-state index is 0.0587. The van der Waals surface area contributed by atoms with Gasteiger partial charge in [-0.2, -0.15) is 13.2 Å². The molecule has 0 spiro atoms. The number of hydrogen-bond acceptors (Lipinski definition) is 6. The lowest BCUT2D eigenvalue weighted by molar-refractivity contribution is -0.118. The predicted octanol–water partition coefficient (Wildman–Crippen LogP) is 4.49.